The summed E-state index contributed by atoms with van der Waals surface area (Å²) in [7, 11) is 0. The zero-order valence-corrected chi connectivity index (χ0v) is 20.7. The van der Waals surface area contributed by atoms with Crippen molar-refractivity contribution < 1.29 is 19.4 Å². The number of benzene rings is 3. The van der Waals surface area contributed by atoms with Crippen molar-refractivity contribution in [1.29, 1.82) is 5.26 Å². The van der Waals surface area contributed by atoms with Gasteiger partial charge in [0.05, 0.1) is 33.2 Å². The standard InChI is InChI=1S/C27H22BrN3O4/c1-3-34-24-13-18(11-20(14-29)26-30-22-8-7-16(2)9-23(22)31-26)12-21(28)25(24)35-15-17-5-4-6-19(10-17)27(32)33/h4-13H,3,15H2,1-2H3,(H,30,31)(H,32,33)/b20-11-. The monoisotopic (exact) mass is 531 g/mol. The lowest BCUT2D eigenvalue weighted by Gasteiger charge is -2.15. The summed E-state index contributed by atoms with van der Waals surface area (Å²) in [6.07, 6.45) is 1.73. The van der Waals surface area contributed by atoms with Gasteiger partial charge in [-0.1, -0.05) is 18.2 Å². The largest absolute Gasteiger partial charge is 0.490 e. The Balaban J connectivity index is 1.64. The number of carboxylic acids is 1. The number of rotatable bonds is 8. The summed E-state index contributed by atoms with van der Waals surface area (Å²) in [6, 6.07) is 18.3. The molecule has 2 N–H and O–H groups in total. The van der Waals surface area contributed by atoms with Crippen LogP contribution in [0.5, 0.6) is 11.5 Å². The second-order valence-corrected chi connectivity index (χ2v) is 8.69. The molecule has 0 fully saturated rings. The molecule has 0 spiro atoms. The Kier molecular flexibility index (Phi) is 7.18. The van der Waals surface area contributed by atoms with Gasteiger partial charge in [0.15, 0.2) is 11.5 Å². The first kappa shape index (κ1) is 24.0. The van der Waals surface area contributed by atoms with Crippen molar-refractivity contribution in [3.8, 4) is 17.6 Å². The van der Waals surface area contributed by atoms with Gasteiger partial charge < -0.3 is 19.6 Å². The Bertz CT molecular complexity index is 1480. The first-order valence-electron chi connectivity index (χ1n) is 10.9. The fraction of sp³-hybridized carbons (Fsp3) is 0.148. The highest BCUT2D eigenvalue weighted by Gasteiger charge is 2.15. The minimum atomic E-state index is -0.993. The minimum Gasteiger partial charge on any atom is -0.490 e. The number of hydrogen-bond donors (Lipinski definition) is 2. The molecular formula is C27H22BrN3O4. The average molecular weight is 532 g/mol. The molecule has 0 radical (unpaired) electrons. The molecule has 0 atom stereocenters. The number of carbonyl (C=O) groups is 1. The molecule has 176 valence electrons. The van der Waals surface area contributed by atoms with Crippen LogP contribution in [0.1, 0.15) is 39.8 Å². The molecule has 0 amide bonds. The number of halogens is 1. The number of aromatic amines is 1. The van der Waals surface area contributed by atoms with Gasteiger partial charge in [0.25, 0.3) is 0 Å². The number of aryl methyl sites for hydroxylation is 1. The Hall–Kier alpha value is -4.09. The van der Waals surface area contributed by atoms with E-state index < -0.39 is 5.97 Å². The van der Waals surface area contributed by atoms with E-state index in [2.05, 4.69) is 32.0 Å². The summed E-state index contributed by atoms with van der Waals surface area (Å²) < 4.78 is 12.4. The molecule has 0 aliphatic rings. The quantitative estimate of drug-likeness (QED) is 0.255. The third-order valence-electron chi connectivity index (χ3n) is 5.21. The highest BCUT2D eigenvalue weighted by atomic mass is 79.9. The number of nitriles is 1. The number of nitrogens with one attached hydrogen (secondary N) is 1. The summed E-state index contributed by atoms with van der Waals surface area (Å²) in [5.41, 5.74) is 4.79. The van der Waals surface area contributed by atoms with Gasteiger partial charge in [-0.05, 0) is 88.9 Å². The molecule has 1 heterocycles. The second kappa shape index (κ2) is 10.5. The summed E-state index contributed by atoms with van der Waals surface area (Å²) >= 11 is 3.55. The van der Waals surface area contributed by atoms with Gasteiger partial charge in [-0.2, -0.15) is 5.26 Å². The lowest BCUT2D eigenvalue weighted by molar-refractivity contribution is 0.0696. The lowest BCUT2D eigenvalue weighted by atomic mass is 10.1. The van der Waals surface area contributed by atoms with Crippen LogP contribution in [-0.4, -0.2) is 27.7 Å². The van der Waals surface area contributed by atoms with Gasteiger partial charge in [-0.25, -0.2) is 9.78 Å². The van der Waals surface area contributed by atoms with Crippen molar-refractivity contribution in [2.45, 2.75) is 20.5 Å². The van der Waals surface area contributed by atoms with Crippen LogP contribution in [0.4, 0.5) is 0 Å². The summed E-state index contributed by atoms with van der Waals surface area (Å²) in [5.74, 6) is 0.482. The predicted octanol–water partition coefficient (Wildman–Crippen LogP) is 6.37. The van der Waals surface area contributed by atoms with E-state index >= 15 is 0 Å². The number of allylic oxidation sites excluding steroid dienone is 1. The number of nitrogens with zero attached hydrogens (tertiary/aromatic N) is 2. The number of imidazole rings is 1. The maximum Gasteiger partial charge on any atom is 0.335 e. The molecule has 4 rings (SSSR count). The lowest BCUT2D eigenvalue weighted by Crippen LogP contribution is -2.03. The molecule has 35 heavy (non-hydrogen) atoms. The molecule has 0 aliphatic carbocycles. The molecule has 0 saturated heterocycles. The smallest absolute Gasteiger partial charge is 0.335 e. The zero-order valence-electron chi connectivity index (χ0n) is 19.1. The van der Waals surface area contributed by atoms with Crippen LogP contribution in [0.3, 0.4) is 0 Å². The van der Waals surface area contributed by atoms with Crippen LogP contribution in [0, 0.1) is 18.3 Å². The molecule has 0 bridgehead atoms. The topological polar surface area (TPSA) is 108 Å². The molecule has 7 nitrogen and oxygen atoms in total. The number of carboxylic acid groups (broad SMARTS) is 1. The Morgan fingerprint density at radius 2 is 2.03 bits per heavy atom. The number of ether oxygens (including phenoxy) is 2. The van der Waals surface area contributed by atoms with E-state index in [-0.39, 0.29) is 12.2 Å². The highest BCUT2D eigenvalue weighted by Crippen LogP contribution is 2.38. The van der Waals surface area contributed by atoms with Crippen molar-refractivity contribution in [2.75, 3.05) is 6.61 Å². The number of fused-ring (bicyclic) bond motifs is 1. The van der Waals surface area contributed by atoms with Crippen molar-refractivity contribution in [3.63, 3.8) is 0 Å². The van der Waals surface area contributed by atoms with E-state index in [1.807, 2.05) is 38.1 Å². The van der Waals surface area contributed by atoms with Crippen molar-refractivity contribution in [3.05, 3.63) is 87.1 Å². The van der Waals surface area contributed by atoms with E-state index in [0.29, 0.717) is 34.0 Å². The van der Waals surface area contributed by atoms with Crippen LogP contribution in [0.15, 0.2) is 59.1 Å². The summed E-state index contributed by atoms with van der Waals surface area (Å²) in [6.45, 7) is 4.45. The maximum absolute atomic E-state index is 11.2. The molecule has 1 aromatic heterocycles. The first-order chi connectivity index (χ1) is 16.9. The Morgan fingerprint density at radius 3 is 2.77 bits per heavy atom. The summed E-state index contributed by atoms with van der Waals surface area (Å²) in [5, 5.41) is 19.0. The SMILES string of the molecule is CCOc1cc(/C=C(/C#N)c2nc3ccc(C)cc3[nH]2)cc(Br)c1OCc1cccc(C(=O)O)c1. The van der Waals surface area contributed by atoms with Crippen molar-refractivity contribution >= 4 is 44.6 Å². The normalized spacial score (nSPS) is 11.3. The Labute approximate surface area is 210 Å². The van der Waals surface area contributed by atoms with Crippen molar-refractivity contribution in [2.24, 2.45) is 0 Å². The highest BCUT2D eigenvalue weighted by molar-refractivity contribution is 9.10. The van der Waals surface area contributed by atoms with E-state index in [4.69, 9.17) is 9.47 Å². The second-order valence-electron chi connectivity index (χ2n) is 7.83. The predicted molar refractivity (Wildman–Crippen MR) is 137 cm³/mol. The molecule has 8 heteroatoms. The van der Waals surface area contributed by atoms with Crippen LogP contribution < -0.4 is 9.47 Å². The fourth-order valence-electron chi connectivity index (χ4n) is 3.60. The number of hydrogen-bond acceptors (Lipinski definition) is 5. The van der Waals surface area contributed by atoms with Crippen LogP contribution in [0.2, 0.25) is 0 Å². The number of aromatic nitrogens is 2. The van der Waals surface area contributed by atoms with Gasteiger partial charge >= 0.3 is 5.97 Å². The molecular weight excluding hydrogens is 510 g/mol. The molecule has 0 saturated carbocycles. The van der Waals surface area contributed by atoms with E-state index in [1.54, 1.807) is 30.3 Å². The molecule has 4 aromatic rings. The van der Waals surface area contributed by atoms with Gasteiger partial charge in [-0.3, -0.25) is 0 Å². The van der Waals surface area contributed by atoms with Crippen LogP contribution in [0.25, 0.3) is 22.7 Å². The Morgan fingerprint density at radius 1 is 1.20 bits per heavy atom. The van der Waals surface area contributed by atoms with Crippen LogP contribution >= 0.6 is 15.9 Å². The average Bonchev–Trinajstić information content (AvgIpc) is 3.25. The van der Waals surface area contributed by atoms with Gasteiger partial charge in [0.1, 0.15) is 18.5 Å². The van der Waals surface area contributed by atoms with Gasteiger partial charge in [-0.15, -0.1) is 0 Å². The fourth-order valence-corrected chi connectivity index (χ4v) is 4.17. The zero-order chi connectivity index (χ0) is 24.9. The maximum atomic E-state index is 11.2. The number of H-pyrrole nitrogens is 1. The van der Waals surface area contributed by atoms with Gasteiger partial charge in [0, 0.05) is 0 Å². The molecule has 0 unspecified atom stereocenters. The van der Waals surface area contributed by atoms with E-state index in [9.17, 15) is 15.2 Å². The van der Waals surface area contributed by atoms with Gasteiger partial charge in [0.2, 0.25) is 0 Å². The van der Waals surface area contributed by atoms with E-state index in [1.165, 1.54) is 6.07 Å². The van der Waals surface area contributed by atoms with Crippen LogP contribution in [-0.2, 0) is 6.61 Å². The summed E-state index contributed by atoms with van der Waals surface area (Å²) in [4.78, 5) is 19.0. The third-order valence-corrected chi connectivity index (χ3v) is 5.80. The molecule has 3 aromatic carbocycles. The molecule has 0 aliphatic heterocycles. The van der Waals surface area contributed by atoms with E-state index in [0.717, 1.165) is 27.7 Å². The number of aromatic carboxylic acids is 1. The third kappa shape index (κ3) is 5.53. The minimum absolute atomic E-state index is 0.164. The first-order valence-corrected chi connectivity index (χ1v) is 11.7. The van der Waals surface area contributed by atoms with Crippen molar-refractivity contribution in [1.82, 2.24) is 9.97 Å².